The lowest BCUT2D eigenvalue weighted by Crippen LogP contribution is -2.25. The fraction of sp³-hybridized carbons (Fsp3) is 0.0870. The van der Waals surface area contributed by atoms with Gasteiger partial charge < -0.3 is 4.90 Å². The maximum absolute atomic E-state index is 13.0. The second-order valence-electron chi connectivity index (χ2n) is 7.15. The van der Waals surface area contributed by atoms with Crippen molar-refractivity contribution >= 4 is 27.3 Å². The summed E-state index contributed by atoms with van der Waals surface area (Å²) in [7, 11) is 0.0715. The summed E-state index contributed by atoms with van der Waals surface area (Å²) < 4.78 is 25.9. The van der Waals surface area contributed by atoms with E-state index in [0.29, 0.717) is 16.4 Å². The van der Waals surface area contributed by atoms with Gasteiger partial charge in [-0.05, 0) is 36.4 Å². The van der Waals surface area contributed by atoms with Crippen molar-refractivity contribution < 1.29 is 8.42 Å². The standard InChI is InChI=1S/C23H21ClN4O2S/c1-27(2)22-11-7-6-10-20(22)21-16-23(17-12-14-18(24)15-13-17)28(25-21)26-31(29,30)19-8-4-3-5-9-19/h3-16,26H,1-2H3. The highest BCUT2D eigenvalue weighted by Gasteiger charge is 2.20. The van der Waals surface area contributed by atoms with E-state index in [0.717, 1.165) is 16.8 Å². The van der Waals surface area contributed by atoms with E-state index >= 15 is 0 Å². The summed E-state index contributed by atoms with van der Waals surface area (Å²) >= 11 is 6.04. The first-order valence-corrected chi connectivity index (χ1v) is 11.4. The zero-order valence-electron chi connectivity index (χ0n) is 17.0. The van der Waals surface area contributed by atoms with Gasteiger partial charge in [0.25, 0.3) is 10.0 Å². The Morgan fingerprint density at radius 3 is 2.23 bits per heavy atom. The smallest absolute Gasteiger partial charge is 0.276 e. The molecule has 4 rings (SSSR count). The average Bonchev–Trinajstić information content (AvgIpc) is 3.17. The van der Waals surface area contributed by atoms with Crippen molar-refractivity contribution in [1.29, 1.82) is 0 Å². The lowest BCUT2D eigenvalue weighted by molar-refractivity contribution is 0.592. The van der Waals surface area contributed by atoms with Gasteiger partial charge in [-0.2, -0.15) is 23.1 Å². The summed E-state index contributed by atoms with van der Waals surface area (Å²) in [5, 5.41) is 5.19. The van der Waals surface area contributed by atoms with Crippen molar-refractivity contribution in [2.45, 2.75) is 4.90 Å². The molecule has 0 radical (unpaired) electrons. The first-order valence-electron chi connectivity index (χ1n) is 9.56. The van der Waals surface area contributed by atoms with Crippen LogP contribution in [0, 0.1) is 0 Å². The molecule has 0 bridgehead atoms. The number of rotatable bonds is 6. The number of nitrogens with one attached hydrogen (secondary N) is 1. The van der Waals surface area contributed by atoms with Crippen LogP contribution >= 0.6 is 11.6 Å². The van der Waals surface area contributed by atoms with Crippen LogP contribution in [0.1, 0.15) is 0 Å². The molecule has 0 fully saturated rings. The second kappa shape index (κ2) is 8.45. The monoisotopic (exact) mass is 452 g/mol. The number of aromatic nitrogens is 2. The molecule has 4 aromatic rings. The highest BCUT2D eigenvalue weighted by atomic mass is 35.5. The van der Waals surface area contributed by atoms with Crippen molar-refractivity contribution in [3.05, 3.63) is 90.0 Å². The van der Waals surface area contributed by atoms with Crippen LogP contribution in [0.4, 0.5) is 5.69 Å². The molecule has 0 saturated carbocycles. The first kappa shape index (κ1) is 21.0. The first-order chi connectivity index (χ1) is 14.8. The topological polar surface area (TPSA) is 67.2 Å². The van der Waals surface area contributed by atoms with Gasteiger partial charge in [0, 0.05) is 35.9 Å². The highest BCUT2D eigenvalue weighted by Crippen LogP contribution is 2.32. The minimum atomic E-state index is -3.83. The molecule has 158 valence electrons. The normalized spacial score (nSPS) is 11.3. The van der Waals surface area contributed by atoms with Crippen LogP contribution in [-0.4, -0.2) is 32.4 Å². The Kier molecular flexibility index (Phi) is 5.71. The zero-order chi connectivity index (χ0) is 22.0. The van der Waals surface area contributed by atoms with E-state index < -0.39 is 10.0 Å². The number of anilines is 1. The molecule has 0 amide bonds. The Bertz CT molecular complexity index is 1300. The number of halogens is 1. The number of nitrogens with zero attached hydrogens (tertiary/aromatic N) is 3. The Labute approximate surface area is 186 Å². The summed E-state index contributed by atoms with van der Waals surface area (Å²) in [6.07, 6.45) is 0. The Balaban J connectivity index is 1.85. The van der Waals surface area contributed by atoms with E-state index in [1.807, 2.05) is 61.5 Å². The summed E-state index contributed by atoms with van der Waals surface area (Å²) in [6, 6.07) is 25.1. The van der Waals surface area contributed by atoms with Crippen LogP contribution in [0.3, 0.4) is 0 Å². The van der Waals surface area contributed by atoms with Gasteiger partial charge >= 0.3 is 0 Å². The van der Waals surface area contributed by atoms with E-state index in [1.54, 1.807) is 30.3 Å². The van der Waals surface area contributed by atoms with Crippen molar-refractivity contribution in [1.82, 2.24) is 9.89 Å². The second-order valence-corrected chi connectivity index (χ2v) is 9.25. The largest absolute Gasteiger partial charge is 0.377 e. The number of hydrogen-bond acceptors (Lipinski definition) is 4. The minimum absolute atomic E-state index is 0.155. The molecule has 0 spiro atoms. The molecule has 8 heteroatoms. The molecule has 0 aliphatic carbocycles. The maximum Gasteiger partial charge on any atom is 0.276 e. The molecule has 0 aliphatic heterocycles. The van der Waals surface area contributed by atoms with E-state index in [4.69, 9.17) is 11.6 Å². The Morgan fingerprint density at radius 2 is 1.55 bits per heavy atom. The third-order valence-electron chi connectivity index (χ3n) is 4.77. The summed E-state index contributed by atoms with van der Waals surface area (Å²) in [6.45, 7) is 0. The van der Waals surface area contributed by atoms with Crippen LogP contribution in [-0.2, 0) is 10.0 Å². The molecule has 1 heterocycles. The minimum Gasteiger partial charge on any atom is -0.377 e. The van der Waals surface area contributed by atoms with Gasteiger partial charge in [-0.15, -0.1) is 0 Å². The van der Waals surface area contributed by atoms with Gasteiger partial charge in [-0.3, -0.25) is 0 Å². The number of benzene rings is 3. The van der Waals surface area contributed by atoms with Gasteiger partial charge in [0.15, 0.2) is 0 Å². The van der Waals surface area contributed by atoms with Gasteiger partial charge in [0.1, 0.15) is 0 Å². The average molecular weight is 453 g/mol. The summed E-state index contributed by atoms with van der Waals surface area (Å²) in [4.78, 5) is 6.03. The van der Waals surface area contributed by atoms with Gasteiger partial charge in [0.05, 0.1) is 16.3 Å². The van der Waals surface area contributed by atoms with Crippen molar-refractivity contribution in [2.75, 3.05) is 23.8 Å². The van der Waals surface area contributed by atoms with E-state index in [1.165, 1.54) is 16.9 Å². The molecule has 3 aromatic carbocycles. The van der Waals surface area contributed by atoms with Gasteiger partial charge in [-0.25, -0.2) is 0 Å². The molecule has 0 unspecified atom stereocenters. The lowest BCUT2D eigenvalue weighted by Gasteiger charge is -2.16. The fourth-order valence-electron chi connectivity index (χ4n) is 3.25. The van der Waals surface area contributed by atoms with Crippen molar-refractivity contribution in [3.8, 4) is 22.5 Å². The third kappa shape index (κ3) is 4.42. The molecule has 31 heavy (non-hydrogen) atoms. The molecular formula is C23H21ClN4O2S. The van der Waals surface area contributed by atoms with Crippen LogP contribution < -0.4 is 9.73 Å². The van der Waals surface area contributed by atoms with Crippen molar-refractivity contribution in [2.24, 2.45) is 0 Å². The van der Waals surface area contributed by atoms with Gasteiger partial charge in [0.2, 0.25) is 0 Å². The quantitative estimate of drug-likeness (QED) is 0.453. The van der Waals surface area contributed by atoms with Crippen molar-refractivity contribution in [3.63, 3.8) is 0 Å². The third-order valence-corrected chi connectivity index (χ3v) is 6.33. The molecule has 0 aliphatic rings. The summed E-state index contributed by atoms with van der Waals surface area (Å²) in [5.41, 5.74) is 3.88. The van der Waals surface area contributed by atoms with E-state index in [-0.39, 0.29) is 4.90 Å². The summed E-state index contributed by atoms with van der Waals surface area (Å²) in [5.74, 6) is 0. The highest BCUT2D eigenvalue weighted by molar-refractivity contribution is 7.92. The molecule has 6 nitrogen and oxygen atoms in total. The maximum atomic E-state index is 13.0. The molecular weight excluding hydrogens is 432 g/mol. The lowest BCUT2D eigenvalue weighted by atomic mass is 10.1. The molecule has 0 saturated heterocycles. The van der Waals surface area contributed by atoms with Gasteiger partial charge in [-0.1, -0.05) is 60.1 Å². The predicted octanol–water partition coefficient (Wildman–Crippen LogP) is 4.87. The Morgan fingerprint density at radius 1 is 0.903 bits per heavy atom. The van der Waals surface area contributed by atoms with E-state index in [2.05, 4.69) is 9.93 Å². The zero-order valence-corrected chi connectivity index (χ0v) is 18.6. The van der Waals surface area contributed by atoms with Crippen LogP contribution in [0.5, 0.6) is 0 Å². The van der Waals surface area contributed by atoms with Crippen LogP contribution in [0.25, 0.3) is 22.5 Å². The Hall–Kier alpha value is -3.29. The van der Waals surface area contributed by atoms with Crippen LogP contribution in [0.2, 0.25) is 5.02 Å². The fourth-order valence-corrected chi connectivity index (χ4v) is 4.37. The molecule has 1 aromatic heterocycles. The van der Waals surface area contributed by atoms with E-state index in [9.17, 15) is 8.42 Å². The number of sulfonamides is 1. The number of hydrogen-bond donors (Lipinski definition) is 1. The number of para-hydroxylation sites is 1. The van der Waals surface area contributed by atoms with Crippen LogP contribution in [0.15, 0.2) is 89.8 Å². The molecule has 1 N–H and O–H groups in total. The molecule has 0 atom stereocenters. The SMILES string of the molecule is CN(C)c1ccccc1-c1cc(-c2ccc(Cl)cc2)n(NS(=O)(=O)c2ccccc2)n1. The predicted molar refractivity (Wildman–Crippen MR) is 125 cm³/mol.